The number of alkyl halides is 3. The zero-order chi connectivity index (χ0) is 19.8. The molecule has 0 atom stereocenters. The zero-order valence-corrected chi connectivity index (χ0v) is 14.5. The lowest BCUT2D eigenvalue weighted by Crippen LogP contribution is -2.10. The second-order valence-corrected chi connectivity index (χ2v) is 6.15. The van der Waals surface area contributed by atoms with E-state index < -0.39 is 17.7 Å². The molecule has 0 radical (unpaired) electrons. The van der Waals surface area contributed by atoms with Crippen molar-refractivity contribution in [2.75, 3.05) is 24.3 Å². The minimum Gasteiger partial charge on any atom is -0.478 e. The Morgan fingerprint density at radius 1 is 1.15 bits per heavy atom. The second kappa shape index (κ2) is 6.79. The molecule has 27 heavy (non-hydrogen) atoms. The lowest BCUT2D eigenvalue weighted by Gasteiger charge is -2.17. The van der Waals surface area contributed by atoms with Gasteiger partial charge in [0.1, 0.15) is 5.56 Å². The quantitative estimate of drug-likeness (QED) is 0.688. The Morgan fingerprint density at radius 3 is 2.52 bits per heavy atom. The number of aromatic nitrogens is 1. The maximum atomic E-state index is 13.0. The van der Waals surface area contributed by atoms with E-state index in [9.17, 15) is 23.1 Å². The molecule has 0 aliphatic rings. The summed E-state index contributed by atoms with van der Waals surface area (Å²) in [4.78, 5) is 17.6. The van der Waals surface area contributed by atoms with Crippen molar-refractivity contribution in [3.63, 3.8) is 0 Å². The van der Waals surface area contributed by atoms with Crippen LogP contribution in [0.15, 0.2) is 48.7 Å². The van der Waals surface area contributed by atoms with Crippen LogP contribution in [0.25, 0.3) is 10.9 Å². The zero-order valence-electron chi connectivity index (χ0n) is 14.5. The smallest absolute Gasteiger partial charge is 0.416 e. The molecule has 0 spiro atoms. The van der Waals surface area contributed by atoms with Crippen LogP contribution >= 0.6 is 0 Å². The van der Waals surface area contributed by atoms with E-state index >= 15 is 0 Å². The Balaban J connectivity index is 2.18. The lowest BCUT2D eigenvalue weighted by molar-refractivity contribution is -0.137. The van der Waals surface area contributed by atoms with Gasteiger partial charge in [-0.1, -0.05) is 6.07 Å². The summed E-state index contributed by atoms with van der Waals surface area (Å²) >= 11 is 0. The van der Waals surface area contributed by atoms with Crippen molar-refractivity contribution >= 4 is 33.9 Å². The fourth-order valence-electron chi connectivity index (χ4n) is 2.67. The first-order chi connectivity index (χ1) is 12.7. The third-order valence-electron chi connectivity index (χ3n) is 4.06. The molecule has 0 bridgehead atoms. The van der Waals surface area contributed by atoms with Crippen LogP contribution in [-0.2, 0) is 6.18 Å². The first-order valence-corrected chi connectivity index (χ1v) is 7.94. The highest BCUT2D eigenvalue weighted by Gasteiger charge is 2.30. The molecule has 0 saturated heterocycles. The highest BCUT2D eigenvalue weighted by atomic mass is 19.4. The Hall–Kier alpha value is -3.29. The van der Waals surface area contributed by atoms with E-state index in [2.05, 4.69) is 10.3 Å². The number of nitrogens with one attached hydrogen (secondary N) is 1. The van der Waals surface area contributed by atoms with Crippen molar-refractivity contribution < 1.29 is 23.1 Å². The van der Waals surface area contributed by atoms with Crippen molar-refractivity contribution in [2.45, 2.75) is 6.18 Å². The molecule has 0 unspecified atom stereocenters. The highest BCUT2D eigenvalue weighted by molar-refractivity contribution is 6.06. The van der Waals surface area contributed by atoms with E-state index in [1.807, 2.05) is 25.1 Å². The summed E-state index contributed by atoms with van der Waals surface area (Å²) in [6.45, 7) is 0. The number of carboxylic acid groups (broad SMARTS) is 1. The molecule has 0 fully saturated rings. The number of benzene rings is 2. The molecule has 0 aliphatic carbocycles. The van der Waals surface area contributed by atoms with Crippen LogP contribution in [-0.4, -0.2) is 30.2 Å². The fraction of sp³-hybridized carbons (Fsp3) is 0.158. The normalized spacial score (nSPS) is 11.4. The molecule has 140 valence electrons. The molecule has 0 saturated carbocycles. The fourth-order valence-corrected chi connectivity index (χ4v) is 2.67. The molecule has 3 aromatic rings. The van der Waals surface area contributed by atoms with Gasteiger partial charge in [0.15, 0.2) is 0 Å². The summed E-state index contributed by atoms with van der Waals surface area (Å²) < 4.78 is 38.9. The minimum absolute atomic E-state index is 0.129. The van der Waals surface area contributed by atoms with Gasteiger partial charge in [-0.2, -0.15) is 13.2 Å². The highest BCUT2D eigenvalue weighted by Crippen LogP contribution is 2.34. The number of carboxylic acids is 1. The molecule has 2 aromatic carbocycles. The Kier molecular flexibility index (Phi) is 4.65. The van der Waals surface area contributed by atoms with Crippen molar-refractivity contribution in [1.82, 2.24) is 4.98 Å². The van der Waals surface area contributed by atoms with Crippen molar-refractivity contribution in [2.24, 2.45) is 0 Å². The average molecular weight is 375 g/mol. The van der Waals surface area contributed by atoms with E-state index in [1.54, 1.807) is 12.1 Å². The topological polar surface area (TPSA) is 65.5 Å². The number of hydrogen-bond donors (Lipinski definition) is 2. The van der Waals surface area contributed by atoms with E-state index in [4.69, 9.17) is 0 Å². The van der Waals surface area contributed by atoms with Crippen LogP contribution in [0.3, 0.4) is 0 Å². The molecule has 0 aliphatic heterocycles. The molecular weight excluding hydrogens is 359 g/mol. The van der Waals surface area contributed by atoms with E-state index in [1.165, 1.54) is 18.3 Å². The maximum absolute atomic E-state index is 13.0. The molecule has 1 aromatic heterocycles. The van der Waals surface area contributed by atoms with Gasteiger partial charge in [-0.3, -0.25) is 4.98 Å². The van der Waals surface area contributed by atoms with E-state index in [0.717, 1.165) is 17.8 Å². The predicted molar refractivity (Wildman–Crippen MR) is 97.8 cm³/mol. The van der Waals surface area contributed by atoms with Gasteiger partial charge in [0.25, 0.3) is 0 Å². The van der Waals surface area contributed by atoms with Gasteiger partial charge in [-0.05, 0) is 36.4 Å². The van der Waals surface area contributed by atoms with E-state index in [0.29, 0.717) is 10.9 Å². The summed E-state index contributed by atoms with van der Waals surface area (Å²) in [5.41, 5.74) is 0.706. The van der Waals surface area contributed by atoms with Crippen LogP contribution < -0.4 is 10.2 Å². The van der Waals surface area contributed by atoms with Crippen LogP contribution in [0.2, 0.25) is 0 Å². The van der Waals surface area contributed by atoms with Crippen LogP contribution in [0, 0.1) is 0 Å². The van der Waals surface area contributed by atoms with Crippen LogP contribution in [0.5, 0.6) is 0 Å². The number of carbonyl (C=O) groups is 1. The number of halogens is 3. The monoisotopic (exact) mass is 375 g/mol. The molecule has 5 nitrogen and oxygen atoms in total. The number of rotatable bonds is 4. The summed E-state index contributed by atoms with van der Waals surface area (Å²) in [6.07, 6.45) is -3.30. The number of aromatic carboxylic acids is 1. The first-order valence-electron chi connectivity index (χ1n) is 7.94. The Labute approximate surface area is 153 Å². The van der Waals surface area contributed by atoms with Crippen LogP contribution in [0.1, 0.15) is 15.9 Å². The van der Waals surface area contributed by atoms with Gasteiger partial charge in [-0.25, -0.2) is 4.79 Å². The molecule has 3 rings (SSSR count). The van der Waals surface area contributed by atoms with Crippen LogP contribution in [0.4, 0.5) is 30.2 Å². The molecular formula is C19H16F3N3O2. The number of pyridine rings is 1. The summed E-state index contributed by atoms with van der Waals surface area (Å²) in [5, 5.41) is 12.8. The number of nitrogens with zero attached hydrogens (tertiary/aromatic N) is 2. The Morgan fingerprint density at radius 2 is 1.89 bits per heavy atom. The van der Waals surface area contributed by atoms with Gasteiger partial charge in [0.2, 0.25) is 0 Å². The summed E-state index contributed by atoms with van der Waals surface area (Å²) in [6, 6.07) is 9.90. The Bertz CT molecular complexity index is 1020. The number of hydrogen-bond acceptors (Lipinski definition) is 4. The lowest BCUT2D eigenvalue weighted by atomic mass is 10.1. The van der Waals surface area contributed by atoms with Crippen molar-refractivity contribution in [3.8, 4) is 0 Å². The maximum Gasteiger partial charge on any atom is 0.416 e. The van der Waals surface area contributed by atoms with Gasteiger partial charge in [0, 0.05) is 37.1 Å². The van der Waals surface area contributed by atoms with Gasteiger partial charge < -0.3 is 15.3 Å². The first kappa shape index (κ1) is 18.5. The van der Waals surface area contributed by atoms with E-state index in [-0.39, 0.29) is 16.9 Å². The molecule has 8 heteroatoms. The number of fused-ring (bicyclic) bond motifs is 1. The standard InChI is InChI=1S/C19H16F3N3O2/c1-25(2)13-6-7-16-14(9-13)17(15(10-23-16)18(26)27)24-12-5-3-4-11(8-12)19(20,21)22/h3-10H,1-2H3,(H,23,24)(H,26,27). The van der Waals surface area contributed by atoms with Gasteiger partial charge >= 0.3 is 12.1 Å². The largest absolute Gasteiger partial charge is 0.478 e. The summed E-state index contributed by atoms with van der Waals surface area (Å²) in [7, 11) is 3.66. The molecule has 2 N–H and O–H groups in total. The minimum atomic E-state index is -4.49. The third kappa shape index (κ3) is 3.79. The predicted octanol–water partition coefficient (Wildman–Crippen LogP) is 4.76. The van der Waals surface area contributed by atoms with Gasteiger partial charge in [-0.15, -0.1) is 0 Å². The number of anilines is 3. The summed E-state index contributed by atoms with van der Waals surface area (Å²) in [5.74, 6) is -1.23. The molecule has 0 amide bonds. The van der Waals surface area contributed by atoms with Crippen molar-refractivity contribution in [3.05, 3.63) is 59.8 Å². The second-order valence-electron chi connectivity index (χ2n) is 6.15. The van der Waals surface area contributed by atoms with Crippen molar-refractivity contribution in [1.29, 1.82) is 0 Å². The molecule has 1 heterocycles. The SMILES string of the molecule is CN(C)c1ccc2ncc(C(=O)O)c(Nc3cccc(C(F)(F)F)c3)c2c1. The van der Waals surface area contributed by atoms with Gasteiger partial charge in [0.05, 0.1) is 16.8 Å². The average Bonchev–Trinajstić information content (AvgIpc) is 2.60. The third-order valence-corrected chi connectivity index (χ3v) is 4.06.